The lowest BCUT2D eigenvalue weighted by atomic mass is 9.70. The first-order chi connectivity index (χ1) is 11.3. The lowest BCUT2D eigenvalue weighted by molar-refractivity contribution is -0.384. The molecule has 24 heavy (non-hydrogen) atoms. The Morgan fingerprint density at radius 3 is 2.75 bits per heavy atom. The van der Waals surface area contributed by atoms with Crippen molar-refractivity contribution in [2.75, 3.05) is 18.7 Å². The number of hydrogen-bond acceptors (Lipinski definition) is 5. The Balaban J connectivity index is 2.16. The number of nitrogens with zero attached hydrogens (tertiary/aromatic N) is 1. The van der Waals surface area contributed by atoms with Crippen molar-refractivity contribution in [1.29, 1.82) is 0 Å². The van der Waals surface area contributed by atoms with Crippen LogP contribution >= 0.6 is 0 Å². The third-order valence-electron chi connectivity index (χ3n) is 4.42. The first kappa shape index (κ1) is 18.5. The van der Waals surface area contributed by atoms with E-state index in [-0.39, 0.29) is 28.9 Å². The number of nitro benzene ring substituents is 1. The summed E-state index contributed by atoms with van der Waals surface area (Å²) in [5.41, 5.74) is 0.839. The van der Waals surface area contributed by atoms with Gasteiger partial charge in [0.25, 0.3) is 5.69 Å². The molecule has 6 nitrogen and oxygen atoms in total. The van der Waals surface area contributed by atoms with E-state index in [1.807, 2.05) is 6.92 Å². The van der Waals surface area contributed by atoms with Crippen LogP contribution in [0.15, 0.2) is 18.2 Å². The third-order valence-corrected chi connectivity index (χ3v) is 4.42. The fourth-order valence-electron chi connectivity index (χ4n) is 3.75. The molecule has 0 bridgehead atoms. The molecule has 0 saturated heterocycles. The average Bonchev–Trinajstić information content (AvgIpc) is 2.45. The minimum absolute atomic E-state index is 0.0785. The monoisotopic (exact) mass is 336 g/mol. The average molecular weight is 336 g/mol. The molecule has 134 valence electrons. The fraction of sp³-hybridized carbons (Fsp3) is 0.667. The van der Waals surface area contributed by atoms with Gasteiger partial charge in [-0.25, -0.2) is 0 Å². The van der Waals surface area contributed by atoms with E-state index in [9.17, 15) is 10.1 Å². The molecule has 1 aromatic carbocycles. The number of benzene rings is 1. The number of rotatable bonds is 7. The van der Waals surface area contributed by atoms with Gasteiger partial charge in [-0.15, -0.1) is 0 Å². The van der Waals surface area contributed by atoms with Crippen molar-refractivity contribution in [3.8, 4) is 5.75 Å². The van der Waals surface area contributed by atoms with Gasteiger partial charge < -0.3 is 14.8 Å². The lowest BCUT2D eigenvalue weighted by Gasteiger charge is -2.39. The van der Waals surface area contributed by atoms with Gasteiger partial charge in [-0.3, -0.25) is 10.1 Å². The van der Waals surface area contributed by atoms with E-state index in [2.05, 4.69) is 26.1 Å². The van der Waals surface area contributed by atoms with Gasteiger partial charge >= 0.3 is 0 Å². The maximum Gasteiger partial charge on any atom is 0.292 e. The summed E-state index contributed by atoms with van der Waals surface area (Å²) < 4.78 is 10.7. The van der Waals surface area contributed by atoms with Gasteiger partial charge in [0.1, 0.15) is 11.4 Å². The number of hydrogen-bond donors (Lipinski definition) is 1. The third kappa shape index (κ3) is 5.09. The Hall–Kier alpha value is -1.82. The molecule has 1 saturated carbocycles. The van der Waals surface area contributed by atoms with Crippen molar-refractivity contribution in [3.05, 3.63) is 28.3 Å². The van der Waals surface area contributed by atoms with Gasteiger partial charge in [-0.2, -0.15) is 0 Å². The summed E-state index contributed by atoms with van der Waals surface area (Å²) in [5, 5.41) is 14.7. The van der Waals surface area contributed by atoms with E-state index >= 15 is 0 Å². The van der Waals surface area contributed by atoms with Crippen LogP contribution < -0.4 is 10.1 Å². The summed E-state index contributed by atoms with van der Waals surface area (Å²) in [4.78, 5) is 11.0. The van der Waals surface area contributed by atoms with Crippen LogP contribution in [0.1, 0.15) is 47.0 Å². The maximum atomic E-state index is 11.3. The highest BCUT2D eigenvalue weighted by Gasteiger charge is 2.32. The molecule has 6 heteroatoms. The predicted molar refractivity (Wildman–Crippen MR) is 94.4 cm³/mol. The molecule has 1 aromatic rings. The molecule has 1 aliphatic rings. The Kier molecular flexibility index (Phi) is 6.04. The van der Waals surface area contributed by atoms with Crippen molar-refractivity contribution < 1.29 is 14.4 Å². The normalized spacial score (nSPS) is 22.8. The SMILES string of the molecule is CCOCOc1ccc([N+](=O)[O-])c(N[C@H]2C[C@@H](C)CC(C)(C)C2)c1. The molecule has 1 aliphatic carbocycles. The van der Waals surface area contributed by atoms with Crippen LogP contribution in [0.4, 0.5) is 11.4 Å². The van der Waals surface area contributed by atoms with Gasteiger partial charge in [0.05, 0.1) is 4.92 Å². The van der Waals surface area contributed by atoms with Crippen LogP contribution in [0.3, 0.4) is 0 Å². The van der Waals surface area contributed by atoms with Crippen LogP contribution in [-0.4, -0.2) is 24.4 Å². The molecule has 0 heterocycles. The number of nitro groups is 1. The van der Waals surface area contributed by atoms with Crippen LogP contribution in [-0.2, 0) is 4.74 Å². The van der Waals surface area contributed by atoms with E-state index in [1.165, 1.54) is 12.5 Å². The number of anilines is 1. The van der Waals surface area contributed by atoms with E-state index < -0.39 is 0 Å². The van der Waals surface area contributed by atoms with Crippen LogP contribution in [0.5, 0.6) is 5.75 Å². The topological polar surface area (TPSA) is 73.6 Å². The molecule has 0 spiro atoms. The Morgan fingerprint density at radius 1 is 1.38 bits per heavy atom. The van der Waals surface area contributed by atoms with E-state index in [1.54, 1.807) is 12.1 Å². The van der Waals surface area contributed by atoms with Gasteiger partial charge in [0.2, 0.25) is 0 Å². The molecule has 0 unspecified atom stereocenters. The van der Waals surface area contributed by atoms with Crippen molar-refractivity contribution in [3.63, 3.8) is 0 Å². The summed E-state index contributed by atoms with van der Waals surface area (Å²) in [6.07, 6.45) is 3.20. The Bertz CT molecular complexity index is 574. The van der Waals surface area contributed by atoms with Gasteiger partial charge in [-0.05, 0) is 43.6 Å². The van der Waals surface area contributed by atoms with Gasteiger partial charge in [0.15, 0.2) is 6.79 Å². The zero-order valence-electron chi connectivity index (χ0n) is 15.0. The van der Waals surface area contributed by atoms with E-state index in [4.69, 9.17) is 9.47 Å². The zero-order valence-corrected chi connectivity index (χ0v) is 15.0. The molecule has 0 aliphatic heterocycles. The first-order valence-corrected chi connectivity index (χ1v) is 8.56. The molecular weight excluding hydrogens is 308 g/mol. The second-order valence-corrected chi connectivity index (χ2v) is 7.45. The van der Waals surface area contributed by atoms with Crippen molar-refractivity contribution in [2.24, 2.45) is 11.3 Å². The molecule has 2 rings (SSSR count). The van der Waals surface area contributed by atoms with Crippen LogP contribution in [0, 0.1) is 21.4 Å². The van der Waals surface area contributed by atoms with Crippen LogP contribution in [0.2, 0.25) is 0 Å². The minimum Gasteiger partial charge on any atom is -0.467 e. The minimum atomic E-state index is -0.355. The highest BCUT2D eigenvalue weighted by Crippen LogP contribution is 2.40. The van der Waals surface area contributed by atoms with E-state index in [0.29, 0.717) is 24.0 Å². The number of ether oxygens (including phenoxy) is 2. The summed E-state index contributed by atoms with van der Waals surface area (Å²) in [6, 6.07) is 5.02. The van der Waals surface area contributed by atoms with Crippen molar-refractivity contribution in [1.82, 2.24) is 0 Å². The molecule has 2 atom stereocenters. The summed E-state index contributed by atoms with van der Waals surface area (Å²) in [7, 11) is 0. The first-order valence-electron chi connectivity index (χ1n) is 8.56. The summed E-state index contributed by atoms with van der Waals surface area (Å²) in [5.74, 6) is 1.17. The largest absolute Gasteiger partial charge is 0.467 e. The standard InChI is InChI=1S/C18H28N2O4/c1-5-23-12-24-15-6-7-17(20(21)22)16(9-15)19-14-8-13(2)10-18(3,4)11-14/h6-7,9,13-14,19H,5,8,10-12H2,1-4H3/t13-,14+/m1/s1. The summed E-state index contributed by atoms with van der Waals surface area (Å²) >= 11 is 0. The maximum absolute atomic E-state index is 11.3. The predicted octanol–water partition coefficient (Wildman–Crippen LogP) is 4.59. The lowest BCUT2D eigenvalue weighted by Crippen LogP contribution is -2.35. The van der Waals surface area contributed by atoms with Crippen molar-refractivity contribution in [2.45, 2.75) is 53.0 Å². The Labute approximate surface area is 143 Å². The fourth-order valence-corrected chi connectivity index (χ4v) is 3.75. The smallest absolute Gasteiger partial charge is 0.292 e. The van der Waals surface area contributed by atoms with Crippen molar-refractivity contribution >= 4 is 11.4 Å². The Morgan fingerprint density at radius 2 is 2.12 bits per heavy atom. The highest BCUT2D eigenvalue weighted by molar-refractivity contribution is 5.64. The molecule has 0 amide bonds. The number of nitrogens with one attached hydrogen (secondary N) is 1. The van der Waals surface area contributed by atoms with Gasteiger partial charge in [0, 0.05) is 24.8 Å². The second kappa shape index (κ2) is 7.83. The molecule has 1 fully saturated rings. The molecule has 0 aromatic heterocycles. The quantitative estimate of drug-likeness (QED) is 0.341. The van der Waals surface area contributed by atoms with Gasteiger partial charge in [-0.1, -0.05) is 20.8 Å². The second-order valence-electron chi connectivity index (χ2n) is 7.45. The molecule has 1 N–H and O–H groups in total. The van der Waals surface area contributed by atoms with E-state index in [0.717, 1.165) is 12.8 Å². The van der Waals surface area contributed by atoms with Crippen LogP contribution in [0.25, 0.3) is 0 Å². The molecule has 0 radical (unpaired) electrons. The zero-order chi connectivity index (χ0) is 17.7. The summed E-state index contributed by atoms with van der Waals surface area (Å²) in [6.45, 7) is 9.35. The molecular formula is C18H28N2O4. The highest BCUT2D eigenvalue weighted by atomic mass is 16.7.